The summed E-state index contributed by atoms with van der Waals surface area (Å²) in [5.74, 6) is 5.70. The van der Waals surface area contributed by atoms with Gasteiger partial charge in [-0.25, -0.2) is 0 Å². The van der Waals surface area contributed by atoms with Crippen LogP contribution in [0.25, 0.3) is 0 Å². The zero-order chi connectivity index (χ0) is 9.50. The van der Waals surface area contributed by atoms with Crippen LogP contribution in [0.2, 0.25) is 0 Å². The predicted molar refractivity (Wildman–Crippen MR) is 61.4 cm³/mol. The molecule has 4 rings (SSSR count). The van der Waals surface area contributed by atoms with Crippen LogP contribution in [0.5, 0.6) is 0 Å². The zero-order valence-electron chi connectivity index (χ0n) is 8.95. The smallest absolute Gasteiger partial charge is 0.00225 e. The molecular weight excluding hydrogens is 188 g/mol. The van der Waals surface area contributed by atoms with Crippen molar-refractivity contribution in [1.29, 1.82) is 0 Å². The van der Waals surface area contributed by atoms with Crippen molar-refractivity contribution < 1.29 is 0 Å². The van der Waals surface area contributed by atoms with E-state index in [0.717, 1.165) is 40.3 Å². The van der Waals surface area contributed by atoms with E-state index in [1.807, 2.05) is 0 Å². The molecule has 0 aromatic rings. The van der Waals surface area contributed by atoms with Crippen LogP contribution in [0.15, 0.2) is 0 Å². The molecule has 0 aromatic carbocycles. The lowest BCUT2D eigenvalue weighted by Crippen LogP contribution is -2.05. The van der Waals surface area contributed by atoms with Gasteiger partial charge in [-0.05, 0) is 60.7 Å². The van der Waals surface area contributed by atoms with Gasteiger partial charge in [-0.1, -0.05) is 13.3 Å². The third kappa shape index (κ3) is 0.847. The predicted octanol–water partition coefficient (Wildman–Crippen LogP) is 3.38. The number of hydrogen-bond donors (Lipinski definition) is 1. The topological polar surface area (TPSA) is 0 Å². The number of thiol groups is 1. The SMILES string of the molecule is CC12CCCC1C2C1C2CC(S)CC21. The highest BCUT2D eigenvalue weighted by Crippen LogP contribution is 2.79. The van der Waals surface area contributed by atoms with Gasteiger partial charge in [-0.3, -0.25) is 0 Å². The first-order valence-electron chi connectivity index (χ1n) is 6.40. The summed E-state index contributed by atoms with van der Waals surface area (Å²) in [6.07, 6.45) is 7.51. The van der Waals surface area contributed by atoms with Gasteiger partial charge in [0.2, 0.25) is 0 Å². The molecule has 4 aliphatic rings. The second kappa shape index (κ2) is 2.36. The van der Waals surface area contributed by atoms with E-state index < -0.39 is 0 Å². The first-order valence-corrected chi connectivity index (χ1v) is 6.91. The summed E-state index contributed by atoms with van der Waals surface area (Å²) in [7, 11) is 0. The second-order valence-corrected chi connectivity index (χ2v) is 7.29. The van der Waals surface area contributed by atoms with Crippen LogP contribution in [0, 0.1) is 35.0 Å². The van der Waals surface area contributed by atoms with Gasteiger partial charge in [0.15, 0.2) is 0 Å². The summed E-state index contributed by atoms with van der Waals surface area (Å²) in [5.41, 5.74) is 0.821. The lowest BCUT2D eigenvalue weighted by Gasteiger charge is -2.12. The minimum atomic E-state index is 0.757. The molecule has 1 heteroatoms. The Hall–Kier alpha value is 0.350. The molecule has 0 N–H and O–H groups in total. The summed E-state index contributed by atoms with van der Waals surface area (Å²) in [4.78, 5) is 0. The lowest BCUT2D eigenvalue weighted by atomic mass is 9.95. The molecule has 0 spiro atoms. The van der Waals surface area contributed by atoms with E-state index in [2.05, 4.69) is 19.6 Å². The normalized spacial score (nSPS) is 69.0. The van der Waals surface area contributed by atoms with Gasteiger partial charge in [0.1, 0.15) is 0 Å². The van der Waals surface area contributed by atoms with Gasteiger partial charge in [-0.15, -0.1) is 0 Å². The summed E-state index contributed by atoms with van der Waals surface area (Å²) < 4.78 is 0. The van der Waals surface area contributed by atoms with E-state index in [-0.39, 0.29) is 0 Å². The van der Waals surface area contributed by atoms with Crippen molar-refractivity contribution in [3.8, 4) is 0 Å². The van der Waals surface area contributed by atoms with Gasteiger partial charge in [-0.2, -0.15) is 12.6 Å². The van der Waals surface area contributed by atoms with Crippen LogP contribution >= 0.6 is 12.6 Å². The molecule has 0 saturated heterocycles. The van der Waals surface area contributed by atoms with Crippen LogP contribution in [-0.4, -0.2) is 5.25 Å². The number of fused-ring (bicyclic) bond motifs is 2. The van der Waals surface area contributed by atoms with Crippen molar-refractivity contribution in [3.05, 3.63) is 0 Å². The van der Waals surface area contributed by atoms with E-state index in [4.69, 9.17) is 0 Å². The highest BCUT2D eigenvalue weighted by atomic mass is 32.1. The molecule has 0 aliphatic heterocycles. The minimum Gasteiger partial charge on any atom is -0.176 e. The molecule has 4 saturated carbocycles. The maximum atomic E-state index is 4.61. The van der Waals surface area contributed by atoms with E-state index in [1.165, 1.54) is 19.3 Å². The van der Waals surface area contributed by atoms with Crippen LogP contribution in [-0.2, 0) is 0 Å². The Balaban J connectivity index is 1.50. The zero-order valence-corrected chi connectivity index (χ0v) is 9.84. The molecule has 0 nitrogen and oxygen atoms in total. The molecule has 0 amide bonds. The Labute approximate surface area is 92.3 Å². The molecule has 4 aliphatic carbocycles. The third-order valence-electron chi connectivity index (χ3n) is 6.06. The molecule has 0 radical (unpaired) electrons. The summed E-state index contributed by atoms with van der Waals surface area (Å²) in [6.45, 7) is 2.57. The first kappa shape index (κ1) is 8.50. The Kier molecular flexibility index (Phi) is 1.43. The maximum absolute atomic E-state index is 4.61. The van der Waals surface area contributed by atoms with Crippen molar-refractivity contribution >= 4 is 12.6 Å². The highest BCUT2D eigenvalue weighted by Gasteiger charge is 2.73. The largest absolute Gasteiger partial charge is 0.176 e. The van der Waals surface area contributed by atoms with Crippen LogP contribution in [0.1, 0.15) is 39.0 Å². The molecule has 4 fully saturated rings. The first-order chi connectivity index (χ1) is 6.72. The van der Waals surface area contributed by atoms with Gasteiger partial charge in [0.05, 0.1) is 0 Å². The van der Waals surface area contributed by atoms with Crippen molar-refractivity contribution in [3.63, 3.8) is 0 Å². The standard InChI is InChI=1S/C13H20S/c1-13-4-2-3-10(13)12(13)11-8-5-7(14)6-9(8)11/h7-12,14H,2-6H2,1H3. The summed E-state index contributed by atoms with van der Waals surface area (Å²) >= 11 is 4.61. The summed E-state index contributed by atoms with van der Waals surface area (Å²) in [6, 6.07) is 0. The molecule has 5 unspecified atom stereocenters. The fourth-order valence-electron chi connectivity index (χ4n) is 5.37. The number of rotatable bonds is 1. The second-order valence-electron chi connectivity index (χ2n) is 6.56. The molecule has 5 atom stereocenters. The quantitative estimate of drug-likeness (QED) is 0.628. The van der Waals surface area contributed by atoms with Crippen molar-refractivity contribution in [2.75, 3.05) is 0 Å². The molecular formula is C13H20S. The minimum absolute atomic E-state index is 0.757. The van der Waals surface area contributed by atoms with Crippen molar-refractivity contribution in [2.45, 2.75) is 44.3 Å². The average molecular weight is 208 g/mol. The van der Waals surface area contributed by atoms with Gasteiger partial charge in [0.25, 0.3) is 0 Å². The summed E-state index contributed by atoms with van der Waals surface area (Å²) in [5, 5.41) is 0.757. The number of hydrogen-bond acceptors (Lipinski definition) is 1. The van der Waals surface area contributed by atoms with Gasteiger partial charge >= 0.3 is 0 Å². The fraction of sp³-hybridized carbons (Fsp3) is 1.00. The third-order valence-corrected chi connectivity index (χ3v) is 6.49. The molecule has 78 valence electrons. The van der Waals surface area contributed by atoms with Gasteiger partial charge < -0.3 is 0 Å². The highest BCUT2D eigenvalue weighted by molar-refractivity contribution is 7.81. The van der Waals surface area contributed by atoms with Crippen LogP contribution in [0.3, 0.4) is 0 Å². The molecule has 0 aromatic heterocycles. The van der Waals surface area contributed by atoms with E-state index in [9.17, 15) is 0 Å². The fourth-order valence-corrected chi connectivity index (χ4v) is 5.85. The van der Waals surface area contributed by atoms with Crippen LogP contribution in [0.4, 0.5) is 0 Å². The average Bonchev–Trinajstić information content (AvgIpc) is 2.76. The maximum Gasteiger partial charge on any atom is 0.00225 e. The van der Waals surface area contributed by atoms with E-state index >= 15 is 0 Å². The molecule has 0 heterocycles. The molecule has 14 heavy (non-hydrogen) atoms. The Morgan fingerprint density at radius 1 is 1.21 bits per heavy atom. The monoisotopic (exact) mass is 208 g/mol. The molecule has 0 bridgehead atoms. The van der Waals surface area contributed by atoms with Crippen molar-refractivity contribution in [1.82, 2.24) is 0 Å². The van der Waals surface area contributed by atoms with E-state index in [0.29, 0.717) is 0 Å². The van der Waals surface area contributed by atoms with Gasteiger partial charge in [0, 0.05) is 5.25 Å². The Morgan fingerprint density at radius 3 is 2.50 bits per heavy atom. The Bertz CT molecular complexity index is 275. The van der Waals surface area contributed by atoms with Crippen molar-refractivity contribution in [2.24, 2.45) is 35.0 Å². The Morgan fingerprint density at radius 2 is 1.93 bits per heavy atom. The van der Waals surface area contributed by atoms with E-state index in [1.54, 1.807) is 12.8 Å². The van der Waals surface area contributed by atoms with Crippen LogP contribution < -0.4 is 0 Å². The lowest BCUT2D eigenvalue weighted by molar-refractivity contribution is 0.401.